The molecule has 2 aliphatic heterocycles. The van der Waals surface area contributed by atoms with E-state index in [2.05, 4.69) is 30.7 Å². The molecule has 6 rings (SSSR count). The molecule has 0 aliphatic carbocycles. The molecule has 2 aliphatic rings. The summed E-state index contributed by atoms with van der Waals surface area (Å²) in [7, 11) is 3.14. The maximum atomic E-state index is 13.4. The number of hydrazine groups is 2. The molecule has 39 heavy (non-hydrogen) atoms. The van der Waals surface area contributed by atoms with Crippen molar-refractivity contribution in [2.45, 2.75) is 18.9 Å². The number of aryl methyl sites for hydroxylation is 1. The summed E-state index contributed by atoms with van der Waals surface area (Å²) in [6.45, 7) is 0. The molecule has 1 amide bonds. The molecule has 4 aromatic rings. The Morgan fingerprint density at radius 1 is 1.18 bits per heavy atom. The second-order valence-corrected chi connectivity index (χ2v) is 9.51. The quantitative estimate of drug-likeness (QED) is 0.345. The van der Waals surface area contributed by atoms with E-state index in [1.165, 1.54) is 13.2 Å². The molecule has 0 spiro atoms. The van der Waals surface area contributed by atoms with Crippen LogP contribution in [0.3, 0.4) is 0 Å². The molecule has 0 radical (unpaired) electrons. The van der Waals surface area contributed by atoms with Gasteiger partial charge in [0.25, 0.3) is 5.56 Å². The minimum absolute atomic E-state index is 0.166. The van der Waals surface area contributed by atoms with Crippen LogP contribution in [-0.4, -0.2) is 51.2 Å². The lowest BCUT2D eigenvalue weighted by atomic mass is 10.1. The van der Waals surface area contributed by atoms with Crippen LogP contribution in [0.25, 0.3) is 22.5 Å². The van der Waals surface area contributed by atoms with E-state index in [-0.39, 0.29) is 11.6 Å². The lowest BCUT2D eigenvalue weighted by molar-refractivity contribution is 0.187. The topological polar surface area (TPSA) is 133 Å². The lowest BCUT2D eigenvalue weighted by Crippen LogP contribution is -2.39. The van der Waals surface area contributed by atoms with E-state index in [4.69, 9.17) is 16.6 Å². The third-order valence-electron chi connectivity index (χ3n) is 6.69. The summed E-state index contributed by atoms with van der Waals surface area (Å²) in [6, 6.07) is 14.0. The molecule has 1 unspecified atom stereocenters. The summed E-state index contributed by atoms with van der Waals surface area (Å²) in [6.07, 6.45) is 4.16. The van der Waals surface area contributed by atoms with Crippen molar-refractivity contribution in [1.29, 1.82) is 0 Å². The molecule has 1 atom stereocenters. The zero-order chi connectivity index (χ0) is 27.1. The number of ether oxygens (including phenoxy) is 1. The molecule has 0 saturated heterocycles. The number of fused-ring (bicyclic) bond motifs is 1. The van der Waals surface area contributed by atoms with Gasteiger partial charge in [0.1, 0.15) is 18.0 Å². The Bertz CT molecular complexity index is 1650. The number of rotatable bonds is 5. The molecule has 2 aromatic heterocycles. The van der Waals surface area contributed by atoms with Crippen LogP contribution >= 0.6 is 11.6 Å². The van der Waals surface area contributed by atoms with E-state index >= 15 is 0 Å². The van der Waals surface area contributed by atoms with E-state index in [0.717, 1.165) is 22.5 Å². The number of hydrogen-bond acceptors (Lipinski definition) is 9. The summed E-state index contributed by atoms with van der Waals surface area (Å²) in [5.41, 5.74) is 7.03. The Morgan fingerprint density at radius 3 is 2.74 bits per heavy atom. The molecule has 2 aromatic carbocycles. The van der Waals surface area contributed by atoms with E-state index in [1.807, 2.05) is 30.3 Å². The Kier molecular flexibility index (Phi) is 6.25. The van der Waals surface area contributed by atoms with Crippen LogP contribution in [0.15, 0.2) is 64.6 Å². The smallest absolute Gasteiger partial charge is 0.411 e. The molecular weight excluding hydrogens is 522 g/mol. The van der Waals surface area contributed by atoms with Gasteiger partial charge in [0.15, 0.2) is 0 Å². The molecule has 3 N–H and O–H groups in total. The molecule has 0 saturated carbocycles. The first-order chi connectivity index (χ1) is 18.9. The van der Waals surface area contributed by atoms with Crippen LogP contribution in [0.5, 0.6) is 0 Å². The first kappa shape index (κ1) is 24.6. The minimum Gasteiger partial charge on any atom is -0.453 e. The van der Waals surface area contributed by atoms with Gasteiger partial charge >= 0.3 is 6.09 Å². The Labute approximate surface area is 227 Å². The number of amides is 1. The average molecular weight is 546 g/mol. The van der Waals surface area contributed by atoms with E-state index in [1.54, 1.807) is 46.5 Å². The Hall–Kier alpha value is -4.68. The van der Waals surface area contributed by atoms with Gasteiger partial charge in [0, 0.05) is 35.8 Å². The predicted octanol–water partition coefficient (Wildman–Crippen LogP) is 3.78. The zero-order valence-corrected chi connectivity index (χ0v) is 21.8. The van der Waals surface area contributed by atoms with Gasteiger partial charge in [0.05, 0.1) is 36.4 Å². The van der Waals surface area contributed by atoms with E-state index in [0.29, 0.717) is 40.9 Å². The first-order valence-corrected chi connectivity index (χ1v) is 12.5. The number of carbonyl (C=O) groups is 1. The standard InChI is InChI=1S/C26H24ClN9O3/c1-34-33-29-14-35(34)21-8-5-16(27)11-18(21)19-12-24(37)36-22(9-10-23(36)31-19)25-28-13-20(32-25)15-3-6-17(7-4-15)30-26(38)39-2/h3-8,11-14,22,33H,9-10H2,1-2H3,(H,28,32)(H,30,38). The van der Waals surface area contributed by atoms with Crippen molar-refractivity contribution in [3.05, 3.63) is 81.8 Å². The normalized spacial score (nSPS) is 16.3. The van der Waals surface area contributed by atoms with Crippen LogP contribution in [0.2, 0.25) is 5.02 Å². The van der Waals surface area contributed by atoms with Crippen LogP contribution in [0, 0.1) is 0 Å². The van der Waals surface area contributed by atoms with Crippen molar-refractivity contribution in [2.24, 2.45) is 5.10 Å². The number of carbonyl (C=O) groups excluding carboxylic acids is 1. The number of methoxy groups -OCH3 is 1. The van der Waals surface area contributed by atoms with Crippen molar-refractivity contribution in [1.82, 2.24) is 30.2 Å². The highest BCUT2D eigenvalue weighted by Crippen LogP contribution is 2.35. The lowest BCUT2D eigenvalue weighted by Gasteiger charge is -2.25. The number of nitrogens with zero attached hydrogens (tertiary/aromatic N) is 6. The monoisotopic (exact) mass is 545 g/mol. The second kappa shape index (κ2) is 9.89. The fraction of sp³-hybridized carbons (Fsp3) is 0.192. The van der Waals surface area contributed by atoms with Gasteiger partial charge in [-0.05, 0) is 42.3 Å². The van der Waals surface area contributed by atoms with Crippen molar-refractivity contribution in [3.63, 3.8) is 0 Å². The molecule has 0 fully saturated rings. The number of H-pyrrole nitrogens is 1. The van der Waals surface area contributed by atoms with Gasteiger partial charge in [-0.3, -0.25) is 14.7 Å². The maximum Gasteiger partial charge on any atom is 0.411 e. The molecule has 0 bridgehead atoms. The average Bonchev–Trinajstić information content (AvgIpc) is 3.69. The van der Waals surface area contributed by atoms with Gasteiger partial charge in [-0.15, -0.1) is 5.12 Å². The molecule has 4 heterocycles. The largest absolute Gasteiger partial charge is 0.453 e. The van der Waals surface area contributed by atoms with Crippen molar-refractivity contribution in [2.75, 3.05) is 24.5 Å². The number of anilines is 2. The number of imidazole rings is 1. The van der Waals surface area contributed by atoms with Crippen molar-refractivity contribution >= 4 is 35.4 Å². The molecule has 13 heteroatoms. The van der Waals surface area contributed by atoms with Crippen LogP contribution in [0.1, 0.15) is 24.1 Å². The number of aromatic nitrogens is 4. The highest BCUT2D eigenvalue weighted by Gasteiger charge is 2.30. The molecular formula is C26H24ClN9O3. The summed E-state index contributed by atoms with van der Waals surface area (Å²) in [4.78, 5) is 37.7. The third kappa shape index (κ3) is 4.60. The zero-order valence-electron chi connectivity index (χ0n) is 21.1. The van der Waals surface area contributed by atoms with Crippen LogP contribution in [0.4, 0.5) is 16.2 Å². The van der Waals surface area contributed by atoms with Crippen molar-refractivity contribution < 1.29 is 9.53 Å². The van der Waals surface area contributed by atoms with Crippen LogP contribution in [-0.2, 0) is 11.2 Å². The van der Waals surface area contributed by atoms with Gasteiger partial charge in [-0.25, -0.2) is 25.3 Å². The van der Waals surface area contributed by atoms with Gasteiger partial charge < -0.3 is 9.72 Å². The fourth-order valence-corrected chi connectivity index (χ4v) is 4.99. The SMILES string of the molecule is COC(=O)Nc1ccc(-c2cnc(C3CCc4nc(-c5cc(Cl)ccc5N5C=NNN5C)cc(=O)n43)[nH]2)cc1. The third-order valence-corrected chi connectivity index (χ3v) is 6.93. The second-order valence-electron chi connectivity index (χ2n) is 9.07. The summed E-state index contributed by atoms with van der Waals surface area (Å²) in [5, 5.41) is 10.7. The van der Waals surface area contributed by atoms with Gasteiger partial charge in [0.2, 0.25) is 0 Å². The number of hydrazone groups is 1. The number of aromatic amines is 1. The minimum atomic E-state index is -0.533. The van der Waals surface area contributed by atoms with Gasteiger partial charge in [-0.2, -0.15) is 5.10 Å². The summed E-state index contributed by atoms with van der Waals surface area (Å²) in [5.74, 6) is 1.37. The van der Waals surface area contributed by atoms with Crippen LogP contribution < -0.4 is 21.4 Å². The highest BCUT2D eigenvalue weighted by atomic mass is 35.5. The van der Waals surface area contributed by atoms with E-state index in [9.17, 15) is 9.59 Å². The molecule has 198 valence electrons. The number of nitrogens with one attached hydrogen (secondary N) is 3. The Morgan fingerprint density at radius 2 is 2.00 bits per heavy atom. The fourth-order valence-electron chi connectivity index (χ4n) is 4.82. The highest BCUT2D eigenvalue weighted by molar-refractivity contribution is 6.31. The summed E-state index contributed by atoms with van der Waals surface area (Å²) >= 11 is 6.33. The Balaban J connectivity index is 1.29. The predicted molar refractivity (Wildman–Crippen MR) is 147 cm³/mol. The van der Waals surface area contributed by atoms with E-state index < -0.39 is 6.09 Å². The van der Waals surface area contributed by atoms with Crippen molar-refractivity contribution in [3.8, 4) is 22.5 Å². The maximum absolute atomic E-state index is 13.4. The number of halogens is 1. The number of hydrogen-bond donors (Lipinski definition) is 3. The summed E-state index contributed by atoms with van der Waals surface area (Å²) < 4.78 is 6.32. The molecule has 12 nitrogen and oxygen atoms in total. The number of benzene rings is 2. The van der Waals surface area contributed by atoms with Gasteiger partial charge in [-0.1, -0.05) is 23.7 Å². The first-order valence-electron chi connectivity index (χ1n) is 12.2.